The van der Waals surface area contributed by atoms with Crippen molar-refractivity contribution in [2.45, 2.75) is 13.5 Å². The molecule has 0 saturated heterocycles. The minimum Gasteiger partial charge on any atom is -0.492 e. The van der Waals surface area contributed by atoms with Crippen molar-refractivity contribution in [1.82, 2.24) is 20.8 Å². The molecule has 0 atom stereocenters. The zero-order valence-electron chi connectivity index (χ0n) is 15.6. The fraction of sp³-hybridized carbons (Fsp3) is 0.250. The highest BCUT2D eigenvalue weighted by atomic mass is 35.5. The van der Waals surface area contributed by atoms with E-state index < -0.39 is 0 Å². The largest absolute Gasteiger partial charge is 0.492 e. The van der Waals surface area contributed by atoms with Gasteiger partial charge in [-0.1, -0.05) is 47.1 Å². The molecule has 1 heterocycles. The maximum atomic E-state index is 6.00. The van der Waals surface area contributed by atoms with E-state index in [1.165, 1.54) is 0 Å². The lowest BCUT2D eigenvalue weighted by Gasteiger charge is -2.11. The number of aromatic nitrogens is 2. The van der Waals surface area contributed by atoms with Gasteiger partial charge >= 0.3 is 0 Å². The normalized spacial score (nSPS) is 11.3. The number of hydrogen-bond acceptors (Lipinski definition) is 5. The van der Waals surface area contributed by atoms with Crippen LogP contribution in [0, 0.1) is 0 Å². The molecule has 146 valence electrons. The average Bonchev–Trinajstić information content (AvgIpc) is 3.19. The molecule has 3 rings (SSSR count). The van der Waals surface area contributed by atoms with Gasteiger partial charge in [0.15, 0.2) is 5.96 Å². The first kappa shape index (κ1) is 19.7. The second-order valence-electron chi connectivity index (χ2n) is 5.81. The third-order valence-electron chi connectivity index (χ3n) is 3.67. The van der Waals surface area contributed by atoms with Crippen molar-refractivity contribution in [2.24, 2.45) is 4.99 Å². The molecule has 0 bridgehead atoms. The molecule has 3 aromatic rings. The first-order valence-corrected chi connectivity index (χ1v) is 9.41. The highest BCUT2D eigenvalue weighted by molar-refractivity contribution is 6.30. The summed E-state index contributed by atoms with van der Waals surface area (Å²) in [5.74, 6) is 2.40. The van der Waals surface area contributed by atoms with Gasteiger partial charge in [0.25, 0.3) is 0 Å². The van der Waals surface area contributed by atoms with Gasteiger partial charge in [0.05, 0.1) is 6.54 Å². The van der Waals surface area contributed by atoms with Crippen LogP contribution < -0.4 is 15.4 Å². The molecule has 28 heavy (non-hydrogen) atoms. The van der Waals surface area contributed by atoms with Gasteiger partial charge in [-0.2, -0.15) is 4.98 Å². The Morgan fingerprint density at radius 3 is 2.79 bits per heavy atom. The van der Waals surface area contributed by atoms with Gasteiger partial charge in [-0.3, -0.25) is 0 Å². The van der Waals surface area contributed by atoms with E-state index in [0.29, 0.717) is 35.8 Å². The van der Waals surface area contributed by atoms with E-state index in [4.69, 9.17) is 20.9 Å². The fourth-order valence-electron chi connectivity index (χ4n) is 2.41. The van der Waals surface area contributed by atoms with Crippen LogP contribution in [0.4, 0.5) is 0 Å². The van der Waals surface area contributed by atoms with E-state index in [-0.39, 0.29) is 6.54 Å². The Labute approximate surface area is 168 Å². The second-order valence-corrected chi connectivity index (χ2v) is 6.24. The Bertz CT molecular complexity index is 898. The molecule has 0 aliphatic rings. The van der Waals surface area contributed by atoms with Crippen LogP contribution in [0.3, 0.4) is 0 Å². The van der Waals surface area contributed by atoms with Crippen molar-refractivity contribution in [3.8, 4) is 17.1 Å². The number of hydrogen-bond donors (Lipinski definition) is 2. The number of para-hydroxylation sites is 1. The molecule has 1 aromatic heterocycles. The van der Waals surface area contributed by atoms with Crippen LogP contribution >= 0.6 is 11.6 Å². The zero-order valence-corrected chi connectivity index (χ0v) is 16.3. The Balaban J connectivity index is 1.52. The summed E-state index contributed by atoms with van der Waals surface area (Å²) in [6, 6.07) is 17.0. The quantitative estimate of drug-likeness (QED) is 0.342. The molecule has 8 heteroatoms. The molecule has 0 radical (unpaired) electrons. The van der Waals surface area contributed by atoms with Crippen LogP contribution in [0.1, 0.15) is 12.8 Å². The van der Waals surface area contributed by atoms with Crippen LogP contribution in [0.2, 0.25) is 5.02 Å². The molecule has 0 unspecified atom stereocenters. The number of nitrogens with one attached hydrogen (secondary N) is 2. The van der Waals surface area contributed by atoms with Crippen LogP contribution in [0.15, 0.2) is 64.1 Å². The molecule has 0 amide bonds. The number of rotatable bonds is 8. The molecular formula is C20H22ClN5O2. The number of guanidine groups is 1. The van der Waals surface area contributed by atoms with Crippen LogP contribution in [-0.2, 0) is 6.54 Å². The number of ether oxygens (including phenoxy) is 1. The van der Waals surface area contributed by atoms with Gasteiger partial charge in [-0.05, 0) is 31.2 Å². The summed E-state index contributed by atoms with van der Waals surface area (Å²) in [5, 5.41) is 11.0. The van der Waals surface area contributed by atoms with Crippen molar-refractivity contribution in [2.75, 3.05) is 19.7 Å². The summed E-state index contributed by atoms with van der Waals surface area (Å²) in [4.78, 5) is 8.84. The molecular weight excluding hydrogens is 378 g/mol. The number of halogens is 1. The van der Waals surface area contributed by atoms with Crippen molar-refractivity contribution < 1.29 is 9.26 Å². The van der Waals surface area contributed by atoms with Gasteiger partial charge in [0.1, 0.15) is 18.9 Å². The molecule has 2 N–H and O–H groups in total. The summed E-state index contributed by atoms with van der Waals surface area (Å²) in [5.41, 5.74) is 0.801. The van der Waals surface area contributed by atoms with Crippen LogP contribution in [0.25, 0.3) is 11.4 Å². The van der Waals surface area contributed by atoms with Crippen molar-refractivity contribution >= 4 is 17.6 Å². The van der Waals surface area contributed by atoms with Crippen molar-refractivity contribution in [1.29, 1.82) is 0 Å². The van der Waals surface area contributed by atoms with Crippen molar-refractivity contribution in [3.63, 3.8) is 0 Å². The number of aliphatic imine (C=N–C) groups is 1. The van der Waals surface area contributed by atoms with Gasteiger partial charge in [0.2, 0.25) is 11.7 Å². The van der Waals surface area contributed by atoms with E-state index in [1.807, 2.05) is 49.4 Å². The first-order valence-electron chi connectivity index (χ1n) is 9.03. The third-order valence-corrected chi connectivity index (χ3v) is 3.91. The number of nitrogens with zero attached hydrogens (tertiary/aromatic N) is 3. The average molecular weight is 400 g/mol. The molecule has 0 aliphatic carbocycles. The molecule has 0 aliphatic heterocycles. The Morgan fingerprint density at radius 1 is 1.14 bits per heavy atom. The monoisotopic (exact) mass is 399 g/mol. The Kier molecular flexibility index (Phi) is 7.26. The molecule has 2 aromatic carbocycles. The predicted octanol–water partition coefficient (Wildman–Crippen LogP) is 3.52. The highest BCUT2D eigenvalue weighted by Crippen LogP contribution is 2.20. The molecule has 7 nitrogen and oxygen atoms in total. The fourth-order valence-corrected chi connectivity index (χ4v) is 2.60. The van der Waals surface area contributed by atoms with Gasteiger partial charge < -0.3 is 19.9 Å². The smallest absolute Gasteiger partial charge is 0.248 e. The van der Waals surface area contributed by atoms with Gasteiger partial charge in [-0.25, -0.2) is 4.99 Å². The van der Waals surface area contributed by atoms with Gasteiger partial charge in [0, 0.05) is 17.1 Å². The minimum absolute atomic E-state index is 0.266. The maximum Gasteiger partial charge on any atom is 0.248 e. The highest BCUT2D eigenvalue weighted by Gasteiger charge is 2.09. The Morgan fingerprint density at radius 2 is 2.00 bits per heavy atom. The van der Waals surface area contributed by atoms with Crippen molar-refractivity contribution in [3.05, 3.63) is 65.5 Å². The molecule has 0 fully saturated rings. The first-order chi connectivity index (χ1) is 13.7. The summed E-state index contributed by atoms with van der Waals surface area (Å²) in [6.07, 6.45) is 0. The van der Waals surface area contributed by atoms with Crippen LogP contribution in [0.5, 0.6) is 5.75 Å². The standard InChI is InChI=1S/C20H22ClN5O2/c1-2-22-20(23-11-12-27-17-9-4-3-5-10-17)24-14-18-25-19(26-28-18)15-7-6-8-16(21)13-15/h3-10,13H,2,11-12,14H2,1H3,(H2,22,23,24). The topological polar surface area (TPSA) is 84.6 Å². The summed E-state index contributed by atoms with van der Waals surface area (Å²) < 4.78 is 10.9. The van der Waals surface area contributed by atoms with Gasteiger partial charge in [-0.15, -0.1) is 0 Å². The zero-order chi connectivity index (χ0) is 19.6. The minimum atomic E-state index is 0.266. The molecule has 0 spiro atoms. The predicted molar refractivity (Wildman–Crippen MR) is 109 cm³/mol. The van der Waals surface area contributed by atoms with E-state index >= 15 is 0 Å². The van der Waals surface area contributed by atoms with E-state index in [0.717, 1.165) is 17.9 Å². The number of benzene rings is 2. The van der Waals surface area contributed by atoms with E-state index in [9.17, 15) is 0 Å². The third kappa shape index (κ3) is 5.99. The summed E-state index contributed by atoms with van der Waals surface area (Å²) in [6.45, 7) is 4.14. The lowest BCUT2D eigenvalue weighted by Crippen LogP contribution is -2.39. The SMILES string of the molecule is CCNC(=NCc1nc(-c2cccc(Cl)c2)no1)NCCOc1ccccc1. The van der Waals surface area contributed by atoms with E-state index in [1.54, 1.807) is 12.1 Å². The van der Waals surface area contributed by atoms with E-state index in [2.05, 4.69) is 25.8 Å². The molecule has 0 saturated carbocycles. The maximum absolute atomic E-state index is 6.00. The summed E-state index contributed by atoms with van der Waals surface area (Å²) in [7, 11) is 0. The lowest BCUT2D eigenvalue weighted by atomic mass is 10.2. The Hall–Kier alpha value is -3.06. The summed E-state index contributed by atoms with van der Waals surface area (Å²) >= 11 is 6.00. The lowest BCUT2D eigenvalue weighted by molar-refractivity contribution is 0.322. The van der Waals surface area contributed by atoms with Crippen LogP contribution in [-0.4, -0.2) is 35.8 Å². The second kappa shape index (κ2) is 10.3.